The fraction of sp³-hybridized carbons (Fsp3) is 0.211. The second-order valence-electron chi connectivity index (χ2n) is 6.41. The Morgan fingerprint density at radius 1 is 1.20 bits per heavy atom. The quantitative estimate of drug-likeness (QED) is 0.599. The molecular formula is C19H16N4OS. The molecule has 3 heterocycles. The summed E-state index contributed by atoms with van der Waals surface area (Å²) >= 11 is 1.56. The molecule has 2 aromatic heterocycles. The fourth-order valence-corrected chi connectivity index (χ4v) is 4.22. The zero-order chi connectivity index (χ0) is 16.8. The molecule has 0 radical (unpaired) electrons. The van der Waals surface area contributed by atoms with Gasteiger partial charge in [0.1, 0.15) is 5.82 Å². The molecule has 0 bridgehead atoms. The number of carbonyl (C=O) groups is 1. The Balaban J connectivity index is 1.38. The van der Waals surface area contributed by atoms with Crippen LogP contribution in [-0.4, -0.2) is 38.8 Å². The van der Waals surface area contributed by atoms with Gasteiger partial charge < -0.3 is 9.88 Å². The van der Waals surface area contributed by atoms with E-state index in [1.807, 2.05) is 52.9 Å². The van der Waals surface area contributed by atoms with Gasteiger partial charge in [-0.15, -0.1) is 11.3 Å². The standard InChI is InChI=1S/C19H16N4OS/c24-19(12-5-6-16-17(9-12)25-11-20-16)23-8-7-13(10-23)18-21-14-3-1-2-4-15(14)22-18/h1-6,9,11,13H,7-8,10H2,(H,21,22). The van der Waals surface area contributed by atoms with Gasteiger partial charge in [-0.3, -0.25) is 4.79 Å². The number of rotatable bonds is 2. The van der Waals surface area contributed by atoms with Crippen molar-refractivity contribution in [3.8, 4) is 0 Å². The first kappa shape index (κ1) is 14.6. The van der Waals surface area contributed by atoms with Crippen LogP contribution in [0, 0.1) is 0 Å². The molecule has 6 heteroatoms. The molecular weight excluding hydrogens is 332 g/mol. The molecule has 2 aromatic carbocycles. The molecule has 5 nitrogen and oxygen atoms in total. The number of imidazole rings is 1. The maximum Gasteiger partial charge on any atom is 0.253 e. The number of nitrogens with one attached hydrogen (secondary N) is 1. The van der Waals surface area contributed by atoms with Crippen LogP contribution in [-0.2, 0) is 0 Å². The minimum absolute atomic E-state index is 0.0916. The van der Waals surface area contributed by atoms with Gasteiger partial charge in [-0.25, -0.2) is 9.97 Å². The summed E-state index contributed by atoms with van der Waals surface area (Å²) in [6.07, 6.45) is 0.939. The van der Waals surface area contributed by atoms with E-state index in [-0.39, 0.29) is 11.8 Å². The molecule has 1 N–H and O–H groups in total. The number of aromatic nitrogens is 3. The van der Waals surface area contributed by atoms with Crippen molar-refractivity contribution < 1.29 is 4.79 Å². The van der Waals surface area contributed by atoms with Gasteiger partial charge in [0.25, 0.3) is 5.91 Å². The molecule has 1 saturated heterocycles. The normalized spacial score (nSPS) is 17.6. The second-order valence-corrected chi connectivity index (χ2v) is 7.30. The predicted octanol–water partition coefficient (Wildman–Crippen LogP) is 3.80. The maximum absolute atomic E-state index is 12.8. The number of H-pyrrole nitrogens is 1. The minimum atomic E-state index is 0.0916. The van der Waals surface area contributed by atoms with Crippen molar-refractivity contribution in [2.75, 3.05) is 13.1 Å². The fourth-order valence-electron chi connectivity index (χ4n) is 3.50. The minimum Gasteiger partial charge on any atom is -0.342 e. The zero-order valence-electron chi connectivity index (χ0n) is 13.5. The van der Waals surface area contributed by atoms with E-state index < -0.39 is 0 Å². The Morgan fingerprint density at radius 2 is 2.12 bits per heavy atom. The topological polar surface area (TPSA) is 61.9 Å². The van der Waals surface area contributed by atoms with Crippen LogP contribution in [0.1, 0.15) is 28.5 Å². The third-order valence-electron chi connectivity index (χ3n) is 4.85. The smallest absolute Gasteiger partial charge is 0.253 e. The third kappa shape index (κ3) is 2.49. The zero-order valence-corrected chi connectivity index (χ0v) is 14.3. The highest BCUT2D eigenvalue weighted by Gasteiger charge is 2.30. The largest absolute Gasteiger partial charge is 0.342 e. The number of hydrogen-bond donors (Lipinski definition) is 1. The number of carbonyl (C=O) groups excluding carboxylic acids is 1. The lowest BCUT2D eigenvalue weighted by atomic mass is 10.1. The summed E-state index contributed by atoms with van der Waals surface area (Å²) < 4.78 is 1.05. The summed E-state index contributed by atoms with van der Waals surface area (Å²) in [5.41, 5.74) is 5.54. The average molecular weight is 348 g/mol. The van der Waals surface area contributed by atoms with E-state index in [9.17, 15) is 4.79 Å². The number of fused-ring (bicyclic) bond motifs is 2. The lowest BCUT2D eigenvalue weighted by molar-refractivity contribution is 0.0791. The van der Waals surface area contributed by atoms with Gasteiger partial charge in [0, 0.05) is 24.6 Å². The van der Waals surface area contributed by atoms with Crippen molar-refractivity contribution in [2.24, 2.45) is 0 Å². The molecule has 25 heavy (non-hydrogen) atoms. The SMILES string of the molecule is O=C(c1ccc2ncsc2c1)N1CCC(c2nc3ccccc3[nH]2)C1. The van der Waals surface area contributed by atoms with Crippen molar-refractivity contribution in [1.82, 2.24) is 19.9 Å². The van der Waals surface area contributed by atoms with E-state index in [0.29, 0.717) is 6.54 Å². The van der Waals surface area contributed by atoms with Gasteiger partial charge in [0.15, 0.2) is 0 Å². The van der Waals surface area contributed by atoms with E-state index in [4.69, 9.17) is 4.98 Å². The molecule has 0 spiro atoms. The molecule has 1 unspecified atom stereocenters. The van der Waals surface area contributed by atoms with Gasteiger partial charge in [-0.2, -0.15) is 0 Å². The molecule has 5 rings (SSSR count). The number of thiazole rings is 1. The number of hydrogen-bond acceptors (Lipinski definition) is 4. The summed E-state index contributed by atoms with van der Waals surface area (Å²) in [6, 6.07) is 13.8. The van der Waals surface area contributed by atoms with Crippen LogP contribution in [0.5, 0.6) is 0 Å². The van der Waals surface area contributed by atoms with Crippen molar-refractivity contribution >= 4 is 38.5 Å². The predicted molar refractivity (Wildman–Crippen MR) is 99.0 cm³/mol. The molecule has 1 atom stereocenters. The molecule has 0 saturated carbocycles. The van der Waals surface area contributed by atoms with Crippen molar-refractivity contribution in [2.45, 2.75) is 12.3 Å². The van der Waals surface area contributed by atoms with E-state index >= 15 is 0 Å². The highest BCUT2D eigenvalue weighted by Crippen LogP contribution is 2.28. The number of aromatic amines is 1. The summed E-state index contributed by atoms with van der Waals surface area (Å²) in [5, 5.41) is 0. The maximum atomic E-state index is 12.8. The lowest BCUT2D eigenvalue weighted by Crippen LogP contribution is -2.28. The van der Waals surface area contributed by atoms with Crippen LogP contribution >= 0.6 is 11.3 Å². The van der Waals surface area contributed by atoms with Crippen LogP contribution in [0.25, 0.3) is 21.3 Å². The molecule has 1 fully saturated rings. The van der Waals surface area contributed by atoms with Gasteiger partial charge in [-0.1, -0.05) is 12.1 Å². The number of benzene rings is 2. The lowest BCUT2D eigenvalue weighted by Gasteiger charge is -2.16. The average Bonchev–Trinajstić information content (AvgIpc) is 3.37. The van der Waals surface area contributed by atoms with E-state index in [2.05, 4.69) is 9.97 Å². The number of likely N-dealkylation sites (tertiary alicyclic amines) is 1. The number of amides is 1. The molecule has 0 aliphatic carbocycles. The van der Waals surface area contributed by atoms with Crippen LogP contribution in [0.4, 0.5) is 0 Å². The monoisotopic (exact) mass is 348 g/mol. The molecule has 1 aliphatic heterocycles. The van der Waals surface area contributed by atoms with Crippen molar-refractivity contribution in [3.63, 3.8) is 0 Å². The molecule has 1 amide bonds. The van der Waals surface area contributed by atoms with Crippen LogP contribution in [0.2, 0.25) is 0 Å². The van der Waals surface area contributed by atoms with Gasteiger partial charge in [-0.05, 0) is 36.8 Å². The Morgan fingerprint density at radius 3 is 3.04 bits per heavy atom. The van der Waals surface area contributed by atoms with Gasteiger partial charge in [0.05, 0.1) is 26.8 Å². The first-order valence-corrected chi connectivity index (χ1v) is 9.23. The van der Waals surface area contributed by atoms with Crippen LogP contribution in [0.3, 0.4) is 0 Å². The highest BCUT2D eigenvalue weighted by atomic mass is 32.1. The van der Waals surface area contributed by atoms with Crippen molar-refractivity contribution in [3.05, 3.63) is 59.4 Å². The van der Waals surface area contributed by atoms with Gasteiger partial charge >= 0.3 is 0 Å². The molecule has 124 valence electrons. The van der Waals surface area contributed by atoms with E-state index in [0.717, 1.165) is 45.6 Å². The molecule has 1 aliphatic rings. The summed E-state index contributed by atoms with van der Waals surface area (Å²) in [6.45, 7) is 1.47. The summed E-state index contributed by atoms with van der Waals surface area (Å²) in [5.74, 6) is 1.34. The number of para-hydroxylation sites is 2. The summed E-state index contributed by atoms with van der Waals surface area (Å²) in [7, 11) is 0. The Kier molecular flexibility index (Phi) is 3.31. The van der Waals surface area contributed by atoms with Gasteiger partial charge in [0.2, 0.25) is 0 Å². The van der Waals surface area contributed by atoms with E-state index in [1.165, 1.54) is 0 Å². The molecule has 4 aromatic rings. The van der Waals surface area contributed by atoms with Crippen LogP contribution in [0.15, 0.2) is 48.0 Å². The Hall–Kier alpha value is -2.73. The number of nitrogens with zero attached hydrogens (tertiary/aromatic N) is 3. The van der Waals surface area contributed by atoms with E-state index in [1.54, 1.807) is 11.3 Å². The van der Waals surface area contributed by atoms with Crippen molar-refractivity contribution in [1.29, 1.82) is 0 Å². The van der Waals surface area contributed by atoms with Crippen LogP contribution < -0.4 is 0 Å². The first-order chi connectivity index (χ1) is 12.3. The highest BCUT2D eigenvalue weighted by molar-refractivity contribution is 7.16. The second kappa shape index (κ2) is 5.67. The Labute approximate surface area is 148 Å². The third-order valence-corrected chi connectivity index (χ3v) is 5.64. The summed E-state index contributed by atoms with van der Waals surface area (Å²) in [4.78, 5) is 27.1. The first-order valence-electron chi connectivity index (χ1n) is 8.35. The Bertz CT molecular complexity index is 1050.